The first-order valence-electron chi connectivity index (χ1n) is 2.91. The molecule has 0 radical (unpaired) electrons. The summed E-state index contributed by atoms with van der Waals surface area (Å²) in [6.45, 7) is 0.265. The second kappa shape index (κ2) is 1.54. The van der Waals surface area contributed by atoms with E-state index in [0.29, 0.717) is 0 Å². The van der Waals surface area contributed by atoms with Crippen molar-refractivity contribution in [2.75, 3.05) is 6.61 Å². The van der Waals surface area contributed by atoms with Gasteiger partial charge in [-0.3, -0.25) is 4.79 Å². The van der Waals surface area contributed by atoms with Gasteiger partial charge in [-0.1, -0.05) is 18.2 Å². The van der Waals surface area contributed by atoms with Gasteiger partial charge in [-0.15, -0.1) is 0 Å². The van der Waals surface area contributed by atoms with Crippen LogP contribution in [0.4, 0.5) is 0 Å². The molecule has 1 aliphatic carbocycles. The van der Waals surface area contributed by atoms with E-state index in [0.717, 1.165) is 5.57 Å². The van der Waals surface area contributed by atoms with Gasteiger partial charge in [0.25, 0.3) is 0 Å². The van der Waals surface area contributed by atoms with Crippen molar-refractivity contribution in [3.8, 4) is 0 Å². The molecule has 2 heteroatoms. The van der Waals surface area contributed by atoms with Crippen LogP contribution in [0.3, 0.4) is 0 Å². The molecule has 1 fully saturated rings. The van der Waals surface area contributed by atoms with E-state index in [2.05, 4.69) is 0 Å². The van der Waals surface area contributed by atoms with Crippen LogP contribution in [-0.2, 0) is 9.53 Å². The fourth-order valence-corrected chi connectivity index (χ4v) is 1.10. The van der Waals surface area contributed by atoms with Gasteiger partial charge in [-0.2, -0.15) is 0 Å². The van der Waals surface area contributed by atoms with Crippen LogP contribution in [-0.4, -0.2) is 18.5 Å². The van der Waals surface area contributed by atoms with Crippen LogP contribution in [0.1, 0.15) is 0 Å². The predicted molar refractivity (Wildman–Crippen MR) is 32.0 cm³/mol. The zero-order chi connectivity index (χ0) is 6.27. The molecule has 0 aromatic rings. The van der Waals surface area contributed by atoms with Gasteiger partial charge in [-0.25, -0.2) is 0 Å². The number of carbonyl (C=O) groups is 1. The van der Waals surface area contributed by atoms with Gasteiger partial charge in [0.05, 0.1) is 0 Å². The molecule has 1 unspecified atom stereocenters. The van der Waals surface area contributed by atoms with Gasteiger partial charge in [0.2, 0.25) is 0 Å². The average Bonchev–Trinajstić information content (AvgIpc) is 2.35. The van der Waals surface area contributed by atoms with E-state index in [1.807, 2.05) is 18.2 Å². The van der Waals surface area contributed by atoms with Crippen molar-refractivity contribution < 1.29 is 9.53 Å². The Kier molecular flexibility index (Phi) is 0.848. The smallest absolute Gasteiger partial charge is 0.187 e. The molecule has 0 spiro atoms. The summed E-state index contributed by atoms with van der Waals surface area (Å²) >= 11 is 0. The maximum absolute atomic E-state index is 10.8. The van der Waals surface area contributed by atoms with E-state index in [4.69, 9.17) is 4.74 Å². The summed E-state index contributed by atoms with van der Waals surface area (Å²) in [6, 6.07) is 0. The lowest BCUT2D eigenvalue weighted by Gasteiger charge is -1.95. The molecule has 1 atom stereocenters. The van der Waals surface area contributed by atoms with Crippen molar-refractivity contribution in [2.24, 2.45) is 0 Å². The zero-order valence-electron chi connectivity index (χ0n) is 4.83. The summed E-state index contributed by atoms with van der Waals surface area (Å²) < 4.78 is 5.08. The minimum absolute atomic E-state index is 0.0162. The highest BCUT2D eigenvalue weighted by molar-refractivity contribution is 6.00. The Bertz CT molecular complexity index is 213. The van der Waals surface area contributed by atoms with E-state index in [-0.39, 0.29) is 18.5 Å². The number of ketones is 1. The lowest BCUT2D eigenvalue weighted by atomic mass is 10.2. The molecule has 0 aromatic heterocycles. The molecule has 0 N–H and O–H groups in total. The standard InChI is InChI=1S/C7H6O2/c8-6-4-9-7-3-1-2-5(6)7/h1-3,7H,4H2. The fraction of sp³-hybridized carbons (Fsp3) is 0.286. The Labute approximate surface area is 52.8 Å². The van der Waals surface area contributed by atoms with Gasteiger partial charge in [0.15, 0.2) is 5.78 Å². The lowest BCUT2D eigenvalue weighted by molar-refractivity contribution is -0.115. The van der Waals surface area contributed by atoms with Crippen molar-refractivity contribution >= 4 is 5.78 Å². The topological polar surface area (TPSA) is 26.3 Å². The molecule has 0 aromatic carbocycles. The lowest BCUT2D eigenvalue weighted by Crippen LogP contribution is -2.00. The van der Waals surface area contributed by atoms with Gasteiger partial charge < -0.3 is 4.74 Å². The third kappa shape index (κ3) is 0.566. The van der Waals surface area contributed by atoms with E-state index in [1.165, 1.54) is 0 Å². The van der Waals surface area contributed by atoms with Crippen molar-refractivity contribution in [1.82, 2.24) is 0 Å². The van der Waals surface area contributed by atoms with E-state index in [1.54, 1.807) is 0 Å². The Balaban J connectivity index is 2.38. The summed E-state index contributed by atoms with van der Waals surface area (Å²) in [5.74, 6) is 0.130. The van der Waals surface area contributed by atoms with Crippen molar-refractivity contribution in [3.05, 3.63) is 23.8 Å². The number of hydrogen-bond donors (Lipinski definition) is 0. The Morgan fingerprint density at radius 2 is 2.56 bits per heavy atom. The Morgan fingerprint density at radius 1 is 1.67 bits per heavy atom. The third-order valence-corrected chi connectivity index (χ3v) is 1.58. The number of allylic oxidation sites excluding steroid dienone is 2. The number of carbonyl (C=O) groups excluding carboxylic acids is 1. The van der Waals surface area contributed by atoms with Gasteiger partial charge in [0, 0.05) is 5.57 Å². The van der Waals surface area contributed by atoms with Gasteiger partial charge >= 0.3 is 0 Å². The monoisotopic (exact) mass is 122 g/mol. The summed E-state index contributed by atoms with van der Waals surface area (Å²) in [5, 5.41) is 0. The summed E-state index contributed by atoms with van der Waals surface area (Å²) in [6.07, 6.45) is 5.55. The molecule has 46 valence electrons. The largest absolute Gasteiger partial charge is 0.361 e. The van der Waals surface area contributed by atoms with Crippen LogP contribution >= 0.6 is 0 Å². The van der Waals surface area contributed by atoms with Crippen LogP contribution in [0.15, 0.2) is 23.8 Å². The molecule has 9 heavy (non-hydrogen) atoms. The molecule has 2 aliphatic rings. The molecule has 2 nitrogen and oxygen atoms in total. The molecular formula is C7H6O2. The first kappa shape index (κ1) is 4.94. The second-order valence-electron chi connectivity index (χ2n) is 2.16. The normalized spacial score (nSPS) is 30.9. The molecule has 1 saturated heterocycles. The first-order valence-corrected chi connectivity index (χ1v) is 2.91. The molecule has 1 heterocycles. The second-order valence-corrected chi connectivity index (χ2v) is 2.16. The molecular weight excluding hydrogens is 116 g/mol. The van der Waals surface area contributed by atoms with E-state index in [9.17, 15) is 4.79 Å². The highest BCUT2D eigenvalue weighted by atomic mass is 16.5. The maximum Gasteiger partial charge on any atom is 0.187 e. The number of fused-ring (bicyclic) bond motifs is 1. The number of rotatable bonds is 0. The van der Waals surface area contributed by atoms with Crippen LogP contribution in [0, 0.1) is 0 Å². The minimum Gasteiger partial charge on any atom is -0.361 e. The SMILES string of the molecule is O=C1COC2C=CC=C12. The van der Waals surface area contributed by atoms with Crippen molar-refractivity contribution in [1.29, 1.82) is 0 Å². The Hall–Kier alpha value is -0.890. The van der Waals surface area contributed by atoms with Gasteiger partial charge in [-0.05, 0) is 0 Å². The average molecular weight is 122 g/mol. The van der Waals surface area contributed by atoms with Crippen molar-refractivity contribution in [3.63, 3.8) is 0 Å². The number of ether oxygens (including phenoxy) is 1. The maximum atomic E-state index is 10.8. The highest BCUT2D eigenvalue weighted by Crippen LogP contribution is 2.21. The molecule has 0 bridgehead atoms. The summed E-state index contributed by atoms with van der Waals surface area (Å²) in [5.41, 5.74) is 0.815. The number of Topliss-reactive ketones (excluding diaryl/α,β-unsaturated/α-hetero) is 1. The molecule has 0 amide bonds. The van der Waals surface area contributed by atoms with Crippen LogP contribution in [0.25, 0.3) is 0 Å². The third-order valence-electron chi connectivity index (χ3n) is 1.58. The summed E-state index contributed by atoms with van der Waals surface area (Å²) in [4.78, 5) is 10.8. The number of hydrogen-bond acceptors (Lipinski definition) is 2. The molecule has 0 saturated carbocycles. The van der Waals surface area contributed by atoms with E-state index >= 15 is 0 Å². The molecule has 1 aliphatic heterocycles. The minimum atomic E-state index is -0.0162. The quantitative estimate of drug-likeness (QED) is 0.466. The first-order chi connectivity index (χ1) is 4.38. The summed E-state index contributed by atoms with van der Waals surface area (Å²) in [7, 11) is 0. The van der Waals surface area contributed by atoms with E-state index < -0.39 is 0 Å². The van der Waals surface area contributed by atoms with Crippen molar-refractivity contribution in [2.45, 2.75) is 6.10 Å². The Morgan fingerprint density at radius 3 is 3.33 bits per heavy atom. The van der Waals surface area contributed by atoms with Crippen LogP contribution in [0.2, 0.25) is 0 Å². The highest BCUT2D eigenvalue weighted by Gasteiger charge is 2.28. The van der Waals surface area contributed by atoms with Crippen LogP contribution < -0.4 is 0 Å². The molecule has 2 rings (SSSR count). The van der Waals surface area contributed by atoms with Gasteiger partial charge in [0.1, 0.15) is 12.7 Å². The van der Waals surface area contributed by atoms with Crippen LogP contribution in [0.5, 0.6) is 0 Å². The zero-order valence-corrected chi connectivity index (χ0v) is 4.83. The predicted octanol–water partition coefficient (Wildman–Crippen LogP) is 0.451. The fourth-order valence-electron chi connectivity index (χ4n) is 1.10.